The van der Waals surface area contributed by atoms with Gasteiger partial charge in [0.1, 0.15) is 5.75 Å². The highest BCUT2D eigenvalue weighted by Gasteiger charge is 2.09. The normalized spacial score (nSPS) is 12.2. The van der Waals surface area contributed by atoms with E-state index in [0.29, 0.717) is 11.3 Å². The SMILES string of the molecule is C[C@H](O)c1ccc(Oc2cncc(Br)c2)c(F)c1. The Bertz CT molecular complexity index is 560. The predicted octanol–water partition coefficient (Wildman–Crippen LogP) is 3.83. The molecule has 18 heavy (non-hydrogen) atoms. The van der Waals surface area contributed by atoms with Crippen LogP contribution in [0.2, 0.25) is 0 Å². The van der Waals surface area contributed by atoms with Crippen LogP contribution in [-0.2, 0) is 0 Å². The number of nitrogens with zero attached hydrogens (tertiary/aromatic N) is 1. The molecule has 0 saturated heterocycles. The van der Waals surface area contributed by atoms with Gasteiger partial charge in [0, 0.05) is 10.7 Å². The fourth-order valence-corrected chi connectivity index (χ4v) is 1.78. The summed E-state index contributed by atoms with van der Waals surface area (Å²) in [5, 5.41) is 9.34. The summed E-state index contributed by atoms with van der Waals surface area (Å²) in [5.74, 6) is 0.0146. The van der Waals surface area contributed by atoms with Gasteiger partial charge in [-0.1, -0.05) is 6.07 Å². The Kier molecular flexibility index (Phi) is 3.93. The molecule has 0 aliphatic rings. The van der Waals surface area contributed by atoms with Gasteiger partial charge in [-0.25, -0.2) is 4.39 Å². The molecule has 0 aliphatic heterocycles. The van der Waals surface area contributed by atoms with E-state index in [9.17, 15) is 9.50 Å². The van der Waals surface area contributed by atoms with E-state index in [1.54, 1.807) is 25.3 Å². The summed E-state index contributed by atoms with van der Waals surface area (Å²) < 4.78 is 19.9. The van der Waals surface area contributed by atoms with Crippen molar-refractivity contribution in [3.05, 3.63) is 52.5 Å². The van der Waals surface area contributed by atoms with E-state index in [1.807, 2.05) is 0 Å². The summed E-state index contributed by atoms with van der Waals surface area (Å²) in [6.07, 6.45) is 2.40. The molecule has 0 fully saturated rings. The van der Waals surface area contributed by atoms with Crippen LogP contribution in [0.4, 0.5) is 4.39 Å². The summed E-state index contributed by atoms with van der Waals surface area (Å²) >= 11 is 3.26. The molecule has 1 aromatic carbocycles. The smallest absolute Gasteiger partial charge is 0.166 e. The molecule has 0 aliphatic carbocycles. The van der Waals surface area contributed by atoms with Crippen molar-refractivity contribution in [2.75, 3.05) is 0 Å². The molecule has 1 atom stereocenters. The monoisotopic (exact) mass is 311 g/mol. The Hall–Kier alpha value is -1.46. The van der Waals surface area contributed by atoms with Crippen LogP contribution in [0.1, 0.15) is 18.6 Å². The average molecular weight is 312 g/mol. The number of aliphatic hydroxyl groups excluding tert-OH is 1. The molecule has 0 saturated carbocycles. The molecule has 5 heteroatoms. The topological polar surface area (TPSA) is 42.4 Å². The maximum atomic E-state index is 13.7. The number of halogens is 2. The first kappa shape index (κ1) is 13.0. The largest absolute Gasteiger partial charge is 0.453 e. The van der Waals surface area contributed by atoms with Gasteiger partial charge in [-0.05, 0) is 46.6 Å². The van der Waals surface area contributed by atoms with Gasteiger partial charge >= 0.3 is 0 Å². The predicted molar refractivity (Wildman–Crippen MR) is 69.0 cm³/mol. The molecule has 0 radical (unpaired) electrons. The van der Waals surface area contributed by atoms with E-state index < -0.39 is 11.9 Å². The molecule has 1 heterocycles. The molecule has 94 valence electrons. The quantitative estimate of drug-likeness (QED) is 0.936. The molecule has 1 aromatic heterocycles. The minimum absolute atomic E-state index is 0.0966. The van der Waals surface area contributed by atoms with Gasteiger partial charge in [0.2, 0.25) is 0 Å². The Morgan fingerprint density at radius 1 is 1.33 bits per heavy atom. The third kappa shape index (κ3) is 3.05. The first-order chi connectivity index (χ1) is 8.56. The second-order valence-corrected chi connectivity index (χ2v) is 4.72. The highest BCUT2D eigenvalue weighted by molar-refractivity contribution is 9.10. The molecular weight excluding hydrogens is 301 g/mol. The van der Waals surface area contributed by atoms with Crippen LogP contribution in [-0.4, -0.2) is 10.1 Å². The van der Waals surface area contributed by atoms with E-state index in [1.165, 1.54) is 18.3 Å². The number of ether oxygens (including phenoxy) is 1. The average Bonchev–Trinajstić information content (AvgIpc) is 2.31. The number of aliphatic hydroxyl groups is 1. The van der Waals surface area contributed by atoms with Crippen molar-refractivity contribution >= 4 is 15.9 Å². The Labute approximate surface area is 112 Å². The molecule has 1 N–H and O–H groups in total. The van der Waals surface area contributed by atoms with Crippen LogP contribution in [0.15, 0.2) is 41.1 Å². The highest BCUT2D eigenvalue weighted by atomic mass is 79.9. The maximum absolute atomic E-state index is 13.7. The highest BCUT2D eigenvalue weighted by Crippen LogP contribution is 2.27. The van der Waals surface area contributed by atoms with Crippen molar-refractivity contribution in [3.63, 3.8) is 0 Å². The van der Waals surface area contributed by atoms with Gasteiger partial charge in [0.05, 0.1) is 12.3 Å². The number of rotatable bonds is 3. The number of hydrogen-bond donors (Lipinski definition) is 1. The number of pyridine rings is 1. The van der Waals surface area contributed by atoms with Crippen LogP contribution in [0.5, 0.6) is 11.5 Å². The lowest BCUT2D eigenvalue weighted by Crippen LogP contribution is -1.94. The van der Waals surface area contributed by atoms with Crippen LogP contribution in [0, 0.1) is 5.82 Å². The molecule has 0 bridgehead atoms. The van der Waals surface area contributed by atoms with E-state index in [-0.39, 0.29) is 5.75 Å². The minimum atomic E-state index is -0.707. The lowest BCUT2D eigenvalue weighted by atomic mass is 10.1. The number of benzene rings is 1. The van der Waals surface area contributed by atoms with Gasteiger partial charge in [-0.15, -0.1) is 0 Å². The van der Waals surface area contributed by atoms with Gasteiger partial charge in [-0.2, -0.15) is 0 Å². The molecular formula is C13H11BrFNO2. The fraction of sp³-hybridized carbons (Fsp3) is 0.154. The summed E-state index contributed by atoms with van der Waals surface area (Å²) in [5.41, 5.74) is 0.507. The van der Waals surface area contributed by atoms with Crippen LogP contribution in [0.3, 0.4) is 0 Å². The summed E-state index contributed by atoms with van der Waals surface area (Å²) in [4.78, 5) is 3.92. The summed E-state index contributed by atoms with van der Waals surface area (Å²) in [6.45, 7) is 1.58. The standard InChI is InChI=1S/C13H11BrFNO2/c1-8(17)9-2-3-13(12(15)4-9)18-11-5-10(14)6-16-7-11/h2-8,17H,1H3/t8-/m0/s1. The van der Waals surface area contributed by atoms with Crippen LogP contribution < -0.4 is 4.74 Å². The Balaban J connectivity index is 2.24. The lowest BCUT2D eigenvalue weighted by molar-refractivity contribution is 0.198. The molecule has 0 spiro atoms. The van der Waals surface area contributed by atoms with E-state index in [0.717, 1.165) is 4.47 Å². The zero-order valence-corrected chi connectivity index (χ0v) is 11.2. The van der Waals surface area contributed by atoms with Crippen LogP contribution in [0.25, 0.3) is 0 Å². The minimum Gasteiger partial charge on any atom is -0.453 e. The van der Waals surface area contributed by atoms with Gasteiger partial charge in [0.15, 0.2) is 11.6 Å². The summed E-state index contributed by atoms with van der Waals surface area (Å²) in [6, 6.07) is 6.05. The Morgan fingerprint density at radius 2 is 2.11 bits per heavy atom. The molecule has 2 rings (SSSR count). The van der Waals surface area contributed by atoms with Crippen LogP contribution >= 0.6 is 15.9 Å². The molecule has 0 amide bonds. The Morgan fingerprint density at radius 3 is 2.72 bits per heavy atom. The van der Waals surface area contributed by atoms with Gasteiger partial charge in [-0.3, -0.25) is 4.98 Å². The number of hydrogen-bond acceptors (Lipinski definition) is 3. The molecule has 2 aromatic rings. The van der Waals surface area contributed by atoms with Gasteiger partial charge < -0.3 is 9.84 Å². The van der Waals surface area contributed by atoms with Crippen molar-refractivity contribution in [1.82, 2.24) is 4.98 Å². The molecule has 0 unspecified atom stereocenters. The zero-order valence-electron chi connectivity index (χ0n) is 9.60. The fourth-order valence-electron chi connectivity index (χ4n) is 1.43. The lowest BCUT2D eigenvalue weighted by Gasteiger charge is -2.09. The van der Waals surface area contributed by atoms with Crippen molar-refractivity contribution in [2.24, 2.45) is 0 Å². The number of aromatic nitrogens is 1. The second kappa shape index (κ2) is 5.46. The zero-order chi connectivity index (χ0) is 13.1. The van der Waals surface area contributed by atoms with Crippen molar-refractivity contribution in [3.8, 4) is 11.5 Å². The van der Waals surface area contributed by atoms with Crippen molar-refractivity contribution in [1.29, 1.82) is 0 Å². The van der Waals surface area contributed by atoms with Crippen molar-refractivity contribution in [2.45, 2.75) is 13.0 Å². The first-order valence-corrected chi connectivity index (χ1v) is 6.11. The van der Waals surface area contributed by atoms with Crippen molar-refractivity contribution < 1.29 is 14.2 Å². The second-order valence-electron chi connectivity index (χ2n) is 3.81. The third-order valence-electron chi connectivity index (χ3n) is 2.35. The third-order valence-corrected chi connectivity index (χ3v) is 2.78. The van der Waals surface area contributed by atoms with E-state index >= 15 is 0 Å². The van der Waals surface area contributed by atoms with Gasteiger partial charge in [0.25, 0.3) is 0 Å². The van der Waals surface area contributed by atoms with E-state index in [4.69, 9.17) is 4.74 Å². The molecule has 3 nitrogen and oxygen atoms in total. The van der Waals surface area contributed by atoms with E-state index in [2.05, 4.69) is 20.9 Å². The summed E-state index contributed by atoms with van der Waals surface area (Å²) in [7, 11) is 0. The first-order valence-electron chi connectivity index (χ1n) is 5.32. The maximum Gasteiger partial charge on any atom is 0.166 e.